The summed E-state index contributed by atoms with van der Waals surface area (Å²) < 4.78 is 0. The fraction of sp³-hybridized carbons (Fsp3) is 0.643. The molecule has 0 aliphatic heterocycles. The standard InChI is InChI=1S/C14H21N3O2/c1-9-10(2)15-16-13(12(9)14(18)19)17(3)8-11-6-4-5-7-11/h11H,4-8H2,1-3H3,(H,18,19). The lowest BCUT2D eigenvalue weighted by molar-refractivity contribution is 0.0696. The molecule has 0 saturated heterocycles. The van der Waals surface area contributed by atoms with Gasteiger partial charge in [-0.05, 0) is 38.2 Å². The van der Waals surface area contributed by atoms with Gasteiger partial charge in [-0.25, -0.2) is 4.79 Å². The first-order valence-corrected chi connectivity index (χ1v) is 6.79. The van der Waals surface area contributed by atoms with Gasteiger partial charge in [0.15, 0.2) is 5.82 Å². The van der Waals surface area contributed by atoms with E-state index in [0.717, 1.165) is 6.54 Å². The van der Waals surface area contributed by atoms with Gasteiger partial charge < -0.3 is 10.0 Å². The number of carboxylic acid groups (broad SMARTS) is 1. The monoisotopic (exact) mass is 263 g/mol. The second kappa shape index (κ2) is 5.55. The number of anilines is 1. The van der Waals surface area contributed by atoms with E-state index in [1.165, 1.54) is 25.7 Å². The summed E-state index contributed by atoms with van der Waals surface area (Å²) in [5, 5.41) is 17.5. The van der Waals surface area contributed by atoms with Gasteiger partial charge in [-0.1, -0.05) is 12.8 Å². The Morgan fingerprint density at radius 3 is 2.53 bits per heavy atom. The summed E-state index contributed by atoms with van der Waals surface area (Å²) in [7, 11) is 1.91. The predicted molar refractivity (Wildman–Crippen MR) is 73.7 cm³/mol. The minimum atomic E-state index is -0.927. The van der Waals surface area contributed by atoms with Crippen molar-refractivity contribution < 1.29 is 9.90 Å². The SMILES string of the molecule is Cc1nnc(N(C)CC2CCCC2)c(C(=O)O)c1C. The van der Waals surface area contributed by atoms with Crippen LogP contribution in [-0.4, -0.2) is 34.9 Å². The van der Waals surface area contributed by atoms with Crippen molar-refractivity contribution in [3.05, 3.63) is 16.8 Å². The minimum Gasteiger partial charge on any atom is -0.478 e. The van der Waals surface area contributed by atoms with Crippen LogP contribution in [0.3, 0.4) is 0 Å². The van der Waals surface area contributed by atoms with Crippen LogP contribution in [0.2, 0.25) is 0 Å². The normalized spacial score (nSPS) is 15.7. The Labute approximate surface area is 113 Å². The Morgan fingerprint density at radius 1 is 1.32 bits per heavy atom. The highest BCUT2D eigenvalue weighted by atomic mass is 16.4. The van der Waals surface area contributed by atoms with Crippen molar-refractivity contribution in [1.82, 2.24) is 10.2 Å². The molecule has 1 aromatic heterocycles. The quantitative estimate of drug-likeness (QED) is 0.903. The molecule has 0 aromatic carbocycles. The minimum absolute atomic E-state index is 0.285. The van der Waals surface area contributed by atoms with Crippen LogP contribution < -0.4 is 4.90 Å². The van der Waals surface area contributed by atoms with Gasteiger partial charge in [0.2, 0.25) is 0 Å². The molecule has 1 saturated carbocycles. The molecular formula is C14H21N3O2. The lowest BCUT2D eigenvalue weighted by Crippen LogP contribution is -2.28. The summed E-state index contributed by atoms with van der Waals surface area (Å²) in [4.78, 5) is 13.4. The Morgan fingerprint density at radius 2 is 1.95 bits per heavy atom. The number of aromatic nitrogens is 2. The molecular weight excluding hydrogens is 242 g/mol. The summed E-state index contributed by atoms with van der Waals surface area (Å²) in [5.74, 6) is 0.210. The highest BCUT2D eigenvalue weighted by molar-refractivity contribution is 5.95. The van der Waals surface area contributed by atoms with E-state index in [1.54, 1.807) is 13.8 Å². The maximum Gasteiger partial charge on any atom is 0.339 e. The van der Waals surface area contributed by atoms with E-state index in [0.29, 0.717) is 23.0 Å². The first-order chi connectivity index (χ1) is 9.00. The number of hydrogen-bond acceptors (Lipinski definition) is 4. The Balaban J connectivity index is 2.27. The van der Waals surface area contributed by atoms with Gasteiger partial charge in [-0.2, -0.15) is 5.10 Å². The highest BCUT2D eigenvalue weighted by Gasteiger charge is 2.23. The van der Waals surface area contributed by atoms with Crippen LogP contribution in [0.1, 0.15) is 47.3 Å². The molecule has 1 aliphatic carbocycles. The molecule has 19 heavy (non-hydrogen) atoms. The van der Waals surface area contributed by atoms with E-state index in [4.69, 9.17) is 0 Å². The molecule has 0 bridgehead atoms. The van der Waals surface area contributed by atoms with E-state index >= 15 is 0 Å². The lowest BCUT2D eigenvalue weighted by Gasteiger charge is -2.23. The first kappa shape index (κ1) is 13.8. The average Bonchev–Trinajstić information content (AvgIpc) is 2.84. The topological polar surface area (TPSA) is 66.3 Å². The molecule has 1 heterocycles. The molecule has 1 N–H and O–H groups in total. The van der Waals surface area contributed by atoms with Gasteiger partial charge in [0, 0.05) is 13.6 Å². The molecule has 104 valence electrons. The van der Waals surface area contributed by atoms with Crippen LogP contribution >= 0.6 is 0 Å². The largest absolute Gasteiger partial charge is 0.478 e. The number of hydrogen-bond donors (Lipinski definition) is 1. The zero-order valence-electron chi connectivity index (χ0n) is 11.8. The van der Waals surface area contributed by atoms with Gasteiger partial charge in [-0.3, -0.25) is 0 Å². The van der Waals surface area contributed by atoms with Crippen LogP contribution in [-0.2, 0) is 0 Å². The number of nitrogens with zero attached hydrogens (tertiary/aromatic N) is 3. The first-order valence-electron chi connectivity index (χ1n) is 6.79. The molecule has 2 rings (SSSR count). The predicted octanol–water partition coefficient (Wildman–Crippen LogP) is 2.42. The molecule has 0 spiro atoms. The van der Waals surface area contributed by atoms with E-state index < -0.39 is 5.97 Å². The third-order valence-corrected chi connectivity index (χ3v) is 4.02. The molecule has 0 unspecified atom stereocenters. The molecule has 0 atom stereocenters. The van der Waals surface area contributed by atoms with Crippen LogP contribution in [0.5, 0.6) is 0 Å². The van der Waals surface area contributed by atoms with Crippen LogP contribution in [0, 0.1) is 19.8 Å². The number of aromatic carboxylic acids is 1. The molecule has 5 heteroatoms. The van der Waals surface area contributed by atoms with Crippen molar-refractivity contribution in [3.63, 3.8) is 0 Å². The van der Waals surface area contributed by atoms with E-state index in [9.17, 15) is 9.90 Å². The van der Waals surface area contributed by atoms with Crippen LogP contribution in [0.15, 0.2) is 0 Å². The Hall–Kier alpha value is -1.65. The van der Waals surface area contributed by atoms with Crippen molar-refractivity contribution in [2.75, 3.05) is 18.5 Å². The number of carbonyl (C=O) groups is 1. The third-order valence-electron chi connectivity index (χ3n) is 4.02. The zero-order valence-corrected chi connectivity index (χ0v) is 11.8. The maximum absolute atomic E-state index is 11.4. The molecule has 1 aromatic rings. The van der Waals surface area contributed by atoms with Crippen molar-refractivity contribution in [2.24, 2.45) is 5.92 Å². The van der Waals surface area contributed by atoms with Gasteiger partial charge >= 0.3 is 5.97 Å². The van der Waals surface area contributed by atoms with Crippen LogP contribution in [0.25, 0.3) is 0 Å². The fourth-order valence-electron chi connectivity index (χ4n) is 2.79. The van der Waals surface area contributed by atoms with Gasteiger partial charge in [0.1, 0.15) is 5.56 Å². The Bertz CT molecular complexity index is 482. The maximum atomic E-state index is 11.4. The summed E-state index contributed by atoms with van der Waals surface area (Å²) in [5.41, 5.74) is 1.67. The second-order valence-corrected chi connectivity index (χ2v) is 5.45. The highest BCUT2D eigenvalue weighted by Crippen LogP contribution is 2.28. The van der Waals surface area contributed by atoms with Gasteiger partial charge in [0.05, 0.1) is 5.69 Å². The van der Waals surface area contributed by atoms with Crippen molar-refractivity contribution >= 4 is 11.8 Å². The van der Waals surface area contributed by atoms with Crippen molar-refractivity contribution in [2.45, 2.75) is 39.5 Å². The van der Waals surface area contributed by atoms with Gasteiger partial charge in [-0.15, -0.1) is 5.10 Å². The van der Waals surface area contributed by atoms with Crippen LogP contribution in [0.4, 0.5) is 5.82 Å². The molecule has 0 radical (unpaired) electrons. The number of carboxylic acids is 1. The van der Waals surface area contributed by atoms with E-state index in [-0.39, 0.29) is 5.56 Å². The molecule has 1 aliphatic rings. The summed E-state index contributed by atoms with van der Waals surface area (Å²) in [6.07, 6.45) is 5.02. The molecule has 5 nitrogen and oxygen atoms in total. The fourth-order valence-corrected chi connectivity index (χ4v) is 2.79. The average molecular weight is 263 g/mol. The van der Waals surface area contributed by atoms with E-state index in [2.05, 4.69) is 10.2 Å². The van der Waals surface area contributed by atoms with Gasteiger partial charge in [0.25, 0.3) is 0 Å². The zero-order chi connectivity index (χ0) is 14.0. The van der Waals surface area contributed by atoms with Crippen molar-refractivity contribution in [1.29, 1.82) is 0 Å². The smallest absolute Gasteiger partial charge is 0.339 e. The number of rotatable bonds is 4. The summed E-state index contributed by atoms with van der Waals surface area (Å²) in [6, 6.07) is 0. The second-order valence-electron chi connectivity index (χ2n) is 5.45. The summed E-state index contributed by atoms with van der Waals surface area (Å²) >= 11 is 0. The number of aryl methyl sites for hydroxylation is 1. The van der Waals surface area contributed by atoms with E-state index in [1.807, 2.05) is 11.9 Å². The molecule has 0 amide bonds. The Kier molecular flexibility index (Phi) is 4.02. The molecule has 1 fully saturated rings. The summed E-state index contributed by atoms with van der Waals surface area (Å²) in [6.45, 7) is 4.44. The lowest BCUT2D eigenvalue weighted by atomic mass is 10.1. The van der Waals surface area contributed by atoms with Crippen molar-refractivity contribution in [3.8, 4) is 0 Å². The third kappa shape index (κ3) is 2.85.